The van der Waals surface area contributed by atoms with E-state index in [1.54, 1.807) is 11.1 Å². The standard InChI is InChI=1S/C39H44N/c1-8-25(9-2)28-20-29(26(10-3)11-4)22-39(21-28)33-18-16-27-13-12-14-32-34(27)35(33)37-36(38(32,6)7)31-17-15-24(5)19-30(31)23-40(37)39/h12-21,23,25-26H,8-11,22H2,1-7H3/q+1. The zero-order valence-corrected chi connectivity index (χ0v) is 25.5. The van der Waals surface area contributed by atoms with Gasteiger partial charge in [-0.3, -0.25) is 0 Å². The molecule has 1 unspecified atom stereocenters. The topological polar surface area (TPSA) is 3.88 Å². The summed E-state index contributed by atoms with van der Waals surface area (Å²) in [5.41, 5.74) is 11.7. The molecule has 3 aliphatic rings. The van der Waals surface area contributed by atoms with Crippen LogP contribution in [0.25, 0.3) is 32.8 Å². The number of hydrogen-bond acceptors (Lipinski definition) is 0. The van der Waals surface area contributed by atoms with E-state index < -0.39 is 0 Å². The zero-order chi connectivity index (χ0) is 28.0. The highest BCUT2D eigenvalue weighted by Gasteiger charge is 2.57. The first-order chi connectivity index (χ1) is 19.3. The van der Waals surface area contributed by atoms with Crippen LogP contribution in [0.4, 0.5) is 0 Å². The lowest BCUT2D eigenvalue weighted by Crippen LogP contribution is -2.55. The van der Waals surface area contributed by atoms with Crippen molar-refractivity contribution in [2.75, 3.05) is 0 Å². The largest absolute Gasteiger partial charge is 0.219 e. The summed E-state index contributed by atoms with van der Waals surface area (Å²) in [7, 11) is 0. The number of allylic oxidation sites excluding steroid dienone is 4. The molecule has 0 amide bonds. The first-order valence-corrected chi connectivity index (χ1v) is 15.8. The molecule has 3 aromatic carbocycles. The minimum atomic E-state index is -0.191. The summed E-state index contributed by atoms with van der Waals surface area (Å²) < 4.78 is 2.75. The van der Waals surface area contributed by atoms with Crippen LogP contribution in [-0.4, -0.2) is 0 Å². The molecule has 0 N–H and O–H groups in total. The summed E-state index contributed by atoms with van der Waals surface area (Å²) in [5.74, 6) is 1.22. The predicted octanol–water partition coefficient (Wildman–Crippen LogP) is 10.1. The summed E-state index contributed by atoms with van der Waals surface area (Å²) in [5, 5.41) is 5.63. The fourth-order valence-electron chi connectivity index (χ4n) is 8.78. The van der Waals surface area contributed by atoms with Crippen molar-refractivity contribution in [3.63, 3.8) is 0 Å². The minimum absolute atomic E-state index is 0.0901. The maximum Gasteiger partial charge on any atom is 0.219 e. The van der Waals surface area contributed by atoms with Crippen molar-refractivity contribution in [3.05, 3.63) is 100 Å². The van der Waals surface area contributed by atoms with E-state index in [1.165, 1.54) is 80.7 Å². The lowest BCUT2D eigenvalue weighted by atomic mass is 9.67. The summed E-state index contributed by atoms with van der Waals surface area (Å²) in [6.07, 6.45) is 13.7. The predicted molar refractivity (Wildman–Crippen MR) is 170 cm³/mol. The van der Waals surface area contributed by atoms with E-state index in [0.717, 1.165) is 6.42 Å². The highest BCUT2D eigenvalue weighted by molar-refractivity contribution is 6.07. The van der Waals surface area contributed by atoms with E-state index in [-0.39, 0.29) is 11.0 Å². The second kappa shape index (κ2) is 8.90. The summed E-state index contributed by atoms with van der Waals surface area (Å²) in [6, 6.07) is 19.0. The van der Waals surface area contributed by atoms with E-state index in [9.17, 15) is 0 Å². The van der Waals surface area contributed by atoms with Gasteiger partial charge in [0.15, 0.2) is 6.20 Å². The van der Waals surface area contributed by atoms with Crippen molar-refractivity contribution < 1.29 is 4.57 Å². The van der Waals surface area contributed by atoms with Gasteiger partial charge in [-0.25, -0.2) is 0 Å². The molecule has 0 radical (unpaired) electrons. The van der Waals surface area contributed by atoms with Crippen LogP contribution >= 0.6 is 0 Å². The van der Waals surface area contributed by atoms with E-state index in [1.807, 2.05) is 0 Å². The Labute approximate surface area is 240 Å². The van der Waals surface area contributed by atoms with Crippen molar-refractivity contribution >= 4 is 21.5 Å². The summed E-state index contributed by atoms with van der Waals surface area (Å²) in [4.78, 5) is 0. The normalized spacial score (nSPS) is 20.2. The molecule has 0 fully saturated rings. The number of aromatic nitrogens is 1. The van der Waals surface area contributed by atoms with Gasteiger partial charge in [-0.05, 0) is 78.5 Å². The second-order valence-electron chi connectivity index (χ2n) is 13.3. The molecule has 1 nitrogen and oxygen atoms in total. The van der Waals surface area contributed by atoms with Crippen LogP contribution in [0, 0.1) is 18.8 Å². The average molecular weight is 527 g/mol. The molecule has 2 heterocycles. The van der Waals surface area contributed by atoms with Gasteiger partial charge in [0.05, 0.1) is 5.56 Å². The van der Waals surface area contributed by atoms with E-state index >= 15 is 0 Å². The Morgan fingerprint density at radius 2 is 1.57 bits per heavy atom. The van der Waals surface area contributed by atoms with Crippen molar-refractivity contribution in [1.29, 1.82) is 0 Å². The van der Waals surface area contributed by atoms with Gasteiger partial charge in [-0.1, -0.05) is 101 Å². The highest BCUT2D eigenvalue weighted by atomic mass is 15.1. The van der Waals surface area contributed by atoms with Gasteiger partial charge in [-0.15, -0.1) is 0 Å². The lowest BCUT2D eigenvalue weighted by Gasteiger charge is -2.34. The maximum atomic E-state index is 2.75. The van der Waals surface area contributed by atoms with Gasteiger partial charge in [0.1, 0.15) is 0 Å². The molecule has 1 spiro atoms. The number of pyridine rings is 1. The molecule has 2 aliphatic carbocycles. The van der Waals surface area contributed by atoms with E-state index in [2.05, 4.69) is 120 Å². The monoisotopic (exact) mass is 526 g/mol. The van der Waals surface area contributed by atoms with Gasteiger partial charge >= 0.3 is 0 Å². The first-order valence-electron chi connectivity index (χ1n) is 15.8. The molecule has 40 heavy (non-hydrogen) atoms. The third-order valence-electron chi connectivity index (χ3n) is 10.9. The Kier molecular flexibility index (Phi) is 5.73. The number of aryl methyl sites for hydroxylation is 1. The number of nitrogens with zero attached hydrogens (tertiary/aromatic N) is 1. The van der Waals surface area contributed by atoms with Crippen LogP contribution in [0.2, 0.25) is 0 Å². The molecule has 1 aromatic heterocycles. The van der Waals surface area contributed by atoms with Crippen LogP contribution in [0.15, 0.2) is 78.0 Å². The van der Waals surface area contributed by atoms with Crippen LogP contribution in [0.5, 0.6) is 0 Å². The molecule has 7 rings (SSSR count). The van der Waals surface area contributed by atoms with Crippen molar-refractivity contribution in [2.45, 2.75) is 91.5 Å². The van der Waals surface area contributed by atoms with Gasteiger partial charge in [0.25, 0.3) is 0 Å². The van der Waals surface area contributed by atoms with Crippen molar-refractivity contribution in [2.24, 2.45) is 11.8 Å². The Morgan fingerprint density at radius 3 is 2.30 bits per heavy atom. The van der Waals surface area contributed by atoms with Crippen molar-refractivity contribution in [3.8, 4) is 11.3 Å². The average Bonchev–Trinajstić information content (AvgIpc) is 3.20. The van der Waals surface area contributed by atoms with Crippen LogP contribution in [0.1, 0.15) is 95.9 Å². The van der Waals surface area contributed by atoms with Gasteiger partial charge in [0, 0.05) is 33.7 Å². The van der Waals surface area contributed by atoms with Crippen LogP contribution < -0.4 is 4.57 Å². The molecule has 4 aromatic rings. The van der Waals surface area contributed by atoms with E-state index in [0.29, 0.717) is 11.8 Å². The van der Waals surface area contributed by atoms with Crippen molar-refractivity contribution in [1.82, 2.24) is 0 Å². The van der Waals surface area contributed by atoms with E-state index in [4.69, 9.17) is 0 Å². The Hall–Kier alpha value is -3.19. The lowest BCUT2D eigenvalue weighted by molar-refractivity contribution is -0.726. The molecule has 0 saturated carbocycles. The van der Waals surface area contributed by atoms with Crippen LogP contribution in [0.3, 0.4) is 0 Å². The van der Waals surface area contributed by atoms with Gasteiger partial charge < -0.3 is 0 Å². The molecule has 0 saturated heterocycles. The molecule has 204 valence electrons. The number of benzene rings is 3. The third kappa shape index (κ3) is 3.24. The Balaban J connectivity index is 1.67. The molecule has 1 aliphatic heterocycles. The fraction of sp³-hybridized carbons (Fsp3) is 0.410. The number of hydrogen-bond donors (Lipinski definition) is 0. The zero-order valence-electron chi connectivity index (χ0n) is 25.5. The molecule has 1 heteroatoms. The highest BCUT2D eigenvalue weighted by Crippen LogP contribution is 2.57. The summed E-state index contributed by atoms with van der Waals surface area (Å²) >= 11 is 0. The fourth-order valence-corrected chi connectivity index (χ4v) is 8.78. The smallest absolute Gasteiger partial charge is 0.183 e. The second-order valence-corrected chi connectivity index (χ2v) is 13.3. The molecule has 0 bridgehead atoms. The SMILES string of the molecule is CCC(CC)C1=CC2(CC(C(CC)CC)=C1)c1ccc3cccc4c3c1-c1c(c3ccc(C)cc3c[n+]12)C4(C)C. The molecular formula is C39H44N+. The minimum Gasteiger partial charge on any atom is -0.183 e. The first kappa shape index (κ1) is 25.8. The molecular weight excluding hydrogens is 482 g/mol. The Morgan fingerprint density at radius 1 is 0.825 bits per heavy atom. The maximum absolute atomic E-state index is 2.75. The Bertz CT molecular complexity index is 1760. The van der Waals surface area contributed by atoms with Gasteiger partial charge in [-0.2, -0.15) is 4.57 Å². The number of rotatable bonds is 6. The quantitative estimate of drug-likeness (QED) is 0.220. The third-order valence-corrected chi connectivity index (χ3v) is 10.9. The number of fused-ring (bicyclic) bond motifs is 4. The molecule has 1 atom stereocenters. The van der Waals surface area contributed by atoms with Crippen LogP contribution in [-0.2, 0) is 11.0 Å². The van der Waals surface area contributed by atoms with Gasteiger partial charge in [0.2, 0.25) is 11.2 Å². The summed E-state index contributed by atoms with van der Waals surface area (Å²) in [6.45, 7) is 16.7.